The Hall–Kier alpha value is -1.34. The van der Waals surface area contributed by atoms with Gasteiger partial charge in [-0.3, -0.25) is 0 Å². The zero-order valence-corrected chi connectivity index (χ0v) is 10.7. The van der Waals surface area contributed by atoms with Gasteiger partial charge in [0.05, 0.1) is 0 Å². The van der Waals surface area contributed by atoms with Crippen LogP contribution in [0.2, 0.25) is 0 Å². The molecule has 6 nitrogen and oxygen atoms in total. The number of sulfonamides is 1. The number of rotatable bonds is 5. The average Bonchev–Trinajstić information content (AvgIpc) is 2.66. The van der Waals surface area contributed by atoms with Gasteiger partial charge >= 0.3 is 5.97 Å². The molecule has 1 heterocycles. The third-order valence-corrected chi connectivity index (χ3v) is 4.27. The lowest BCUT2D eigenvalue weighted by Crippen LogP contribution is -2.36. The Kier molecular flexibility index (Phi) is 3.94. The quantitative estimate of drug-likeness (QED) is 0.865. The fourth-order valence-electron chi connectivity index (χ4n) is 1.50. The summed E-state index contributed by atoms with van der Waals surface area (Å²) in [6, 6.07) is 2.07. The maximum absolute atomic E-state index is 12.1. The minimum atomic E-state index is -3.76. The average molecular weight is 261 g/mol. The summed E-state index contributed by atoms with van der Waals surface area (Å²) in [6.07, 6.45) is 0. The van der Waals surface area contributed by atoms with Crippen LogP contribution in [0, 0.1) is 0 Å². The zero-order chi connectivity index (χ0) is 13.2. The summed E-state index contributed by atoms with van der Waals surface area (Å²) in [5.41, 5.74) is 0. The third-order valence-electron chi connectivity index (χ3n) is 2.24. The Morgan fingerprint density at radius 2 is 2.06 bits per heavy atom. The third kappa shape index (κ3) is 2.67. The molecule has 0 saturated heterocycles. The Morgan fingerprint density at radius 1 is 1.47 bits per heavy atom. The Balaban J connectivity index is 3.16. The minimum absolute atomic E-state index is 0.219. The van der Waals surface area contributed by atoms with Crippen LogP contribution in [0.3, 0.4) is 0 Å². The number of hydrogen-bond donors (Lipinski definition) is 1. The number of hydrogen-bond acceptors (Lipinski definition) is 4. The van der Waals surface area contributed by atoms with Gasteiger partial charge in [-0.05, 0) is 26.0 Å². The van der Waals surface area contributed by atoms with Gasteiger partial charge in [-0.2, -0.15) is 4.31 Å². The van der Waals surface area contributed by atoms with Gasteiger partial charge in [-0.1, -0.05) is 6.92 Å². The van der Waals surface area contributed by atoms with E-state index in [1.54, 1.807) is 20.8 Å². The predicted octanol–water partition coefficient (Wildman–Crippen LogP) is 1.40. The van der Waals surface area contributed by atoms with Gasteiger partial charge in [-0.15, -0.1) is 0 Å². The van der Waals surface area contributed by atoms with Gasteiger partial charge in [0.2, 0.25) is 10.9 Å². The topological polar surface area (TPSA) is 87.8 Å². The minimum Gasteiger partial charge on any atom is -0.475 e. The number of nitrogens with zero attached hydrogens (tertiary/aromatic N) is 1. The van der Waals surface area contributed by atoms with E-state index in [2.05, 4.69) is 0 Å². The highest BCUT2D eigenvalue weighted by atomic mass is 32.2. The summed E-state index contributed by atoms with van der Waals surface area (Å²) in [7, 11) is -3.76. The molecule has 0 unspecified atom stereocenters. The predicted molar refractivity (Wildman–Crippen MR) is 60.4 cm³/mol. The molecule has 0 atom stereocenters. The second kappa shape index (κ2) is 4.89. The van der Waals surface area contributed by atoms with Crippen LogP contribution in [-0.4, -0.2) is 36.4 Å². The summed E-state index contributed by atoms with van der Waals surface area (Å²) in [4.78, 5) is 10.6. The van der Waals surface area contributed by atoms with Crippen molar-refractivity contribution >= 4 is 16.0 Å². The first-order valence-corrected chi connectivity index (χ1v) is 6.59. The summed E-state index contributed by atoms with van der Waals surface area (Å²) in [6.45, 7) is 5.48. The van der Waals surface area contributed by atoms with Crippen LogP contribution in [0.15, 0.2) is 21.6 Å². The van der Waals surface area contributed by atoms with Gasteiger partial charge < -0.3 is 9.52 Å². The lowest BCUT2D eigenvalue weighted by atomic mass is 10.4. The number of carboxylic acid groups (broad SMARTS) is 1. The van der Waals surface area contributed by atoms with E-state index in [0.29, 0.717) is 6.54 Å². The van der Waals surface area contributed by atoms with E-state index < -0.39 is 16.0 Å². The number of aromatic carboxylic acids is 1. The highest BCUT2D eigenvalue weighted by Gasteiger charge is 2.29. The van der Waals surface area contributed by atoms with Gasteiger partial charge in [-0.25, -0.2) is 13.2 Å². The number of carbonyl (C=O) groups is 1. The van der Waals surface area contributed by atoms with Crippen LogP contribution < -0.4 is 0 Å². The van der Waals surface area contributed by atoms with Crippen LogP contribution in [0.4, 0.5) is 0 Å². The molecule has 1 N–H and O–H groups in total. The fraction of sp³-hybridized carbons (Fsp3) is 0.500. The highest BCUT2D eigenvalue weighted by molar-refractivity contribution is 7.89. The molecule has 17 heavy (non-hydrogen) atoms. The Morgan fingerprint density at radius 3 is 2.41 bits per heavy atom. The smallest absolute Gasteiger partial charge is 0.371 e. The fourth-order valence-corrected chi connectivity index (χ4v) is 3.06. The van der Waals surface area contributed by atoms with Crippen molar-refractivity contribution in [2.75, 3.05) is 6.54 Å². The van der Waals surface area contributed by atoms with Crippen molar-refractivity contribution in [3.05, 3.63) is 17.9 Å². The van der Waals surface area contributed by atoms with Crippen molar-refractivity contribution in [1.82, 2.24) is 4.31 Å². The van der Waals surface area contributed by atoms with Crippen molar-refractivity contribution in [2.24, 2.45) is 0 Å². The lowest BCUT2D eigenvalue weighted by Gasteiger charge is -2.22. The largest absolute Gasteiger partial charge is 0.475 e. The monoisotopic (exact) mass is 261 g/mol. The molecule has 0 amide bonds. The maximum Gasteiger partial charge on any atom is 0.371 e. The molecular formula is C10H15NO5S. The van der Waals surface area contributed by atoms with Crippen molar-refractivity contribution < 1.29 is 22.7 Å². The van der Waals surface area contributed by atoms with E-state index >= 15 is 0 Å². The highest BCUT2D eigenvalue weighted by Crippen LogP contribution is 2.20. The SMILES string of the molecule is CCN(C(C)C)S(=O)(=O)c1ccc(C(=O)O)o1. The van der Waals surface area contributed by atoms with Crippen molar-refractivity contribution in [3.63, 3.8) is 0 Å². The van der Waals surface area contributed by atoms with E-state index in [9.17, 15) is 13.2 Å². The maximum atomic E-state index is 12.1. The van der Waals surface area contributed by atoms with E-state index in [1.807, 2.05) is 0 Å². The van der Waals surface area contributed by atoms with E-state index in [1.165, 1.54) is 4.31 Å². The molecule has 0 fully saturated rings. The molecule has 0 aromatic carbocycles. The summed E-state index contributed by atoms with van der Waals surface area (Å²) in [5.74, 6) is -1.68. The van der Waals surface area contributed by atoms with Gasteiger partial charge in [0.1, 0.15) is 0 Å². The molecular weight excluding hydrogens is 246 g/mol. The molecule has 0 saturated carbocycles. The van der Waals surface area contributed by atoms with Crippen molar-refractivity contribution in [3.8, 4) is 0 Å². The van der Waals surface area contributed by atoms with Crippen LogP contribution in [0.25, 0.3) is 0 Å². The molecule has 0 spiro atoms. The summed E-state index contributed by atoms with van der Waals surface area (Å²) >= 11 is 0. The molecule has 7 heteroatoms. The van der Waals surface area contributed by atoms with Gasteiger partial charge in [0.15, 0.2) is 0 Å². The second-order valence-corrected chi connectivity index (χ2v) is 5.55. The summed E-state index contributed by atoms with van der Waals surface area (Å²) in [5, 5.41) is 8.32. The molecule has 0 aliphatic heterocycles. The molecule has 0 aliphatic rings. The molecule has 0 aliphatic carbocycles. The van der Waals surface area contributed by atoms with E-state index in [-0.39, 0.29) is 16.9 Å². The van der Waals surface area contributed by atoms with E-state index in [4.69, 9.17) is 9.52 Å². The standard InChI is InChI=1S/C10H15NO5S/c1-4-11(7(2)3)17(14,15)9-6-5-8(16-9)10(12)13/h5-7H,4H2,1-3H3,(H,12,13). The van der Waals surface area contributed by atoms with Crippen molar-refractivity contribution in [1.29, 1.82) is 0 Å². The first-order valence-electron chi connectivity index (χ1n) is 5.15. The van der Waals surface area contributed by atoms with E-state index in [0.717, 1.165) is 12.1 Å². The summed E-state index contributed by atoms with van der Waals surface area (Å²) < 4.78 is 30.2. The van der Waals surface area contributed by atoms with Crippen LogP contribution in [-0.2, 0) is 10.0 Å². The molecule has 96 valence electrons. The molecule has 1 aromatic heterocycles. The molecule has 1 aromatic rings. The Bertz CT molecular complexity index is 503. The normalized spacial score (nSPS) is 12.3. The molecule has 0 bridgehead atoms. The second-order valence-electron chi connectivity index (χ2n) is 3.73. The van der Waals surface area contributed by atoms with Crippen LogP contribution >= 0.6 is 0 Å². The zero-order valence-electron chi connectivity index (χ0n) is 9.87. The number of furan rings is 1. The molecule has 1 rings (SSSR count). The Labute approximate surface area is 99.9 Å². The number of carboxylic acids is 1. The van der Waals surface area contributed by atoms with Crippen molar-refractivity contribution in [2.45, 2.75) is 31.9 Å². The van der Waals surface area contributed by atoms with Crippen LogP contribution in [0.1, 0.15) is 31.3 Å². The van der Waals surface area contributed by atoms with Gasteiger partial charge in [0, 0.05) is 12.6 Å². The first kappa shape index (κ1) is 13.7. The molecule has 0 radical (unpaired) electrons. The van der Waals surface area contributed by atoms with Gasteiger partial charge in [0.25, 0.3) is 10.0 Å². The van der Waals surface area contributed by atoms with Crippen LogP contribution in [0.5, 0.6) is 0 Å². The first-order chi connectivity index (χ1) is 7.80. The lowest BCUT2D eigenvalue weighted by molar-refractivity contribution is 0.0656.